The lowest BCUT2D eigenvalue weighted by Gasteiger charge is -2.40. The predicted octanol–water partition coefficient (Wildman–Crippen LogP) is 4.09. The van der Waals surface area contributed by atoms with E-state index in [9.17, 15) is 14.7 Å². The van der Waals surface area contributed by atoms with E-state index in [0.717, 1.165) is 23.7 Å². The normalized spacial score (nSPS) is 18.4. The van der Waals surface area contributed by atoms with Crippen molar-refractivity contribution in [2.75, 3.05) is 18.0 Å². The van der Waals surface area contributed by atoms with Crippen LogP contribution in [0.1, 0.15) is 66.7 Å². The number of halogens is 1. The quantitative estimate of drug-likeness (QED) is 0.336. The average molecular weight is 519 g/mol. The molecule has 35 heavy (non-hydrogen) atoms. The largest absolute Gasteiger partial charge is 0.478 e. The number of rotatable bonds is 9. The number of hydrogen-bond acceptors (Lipinski definition) is 7. The van der Waals surface area contributed by atoms with Gasteiger partial charge in [0.15, 0.2) is 16.1 Å². The molecule has 1 amide bonds. The van der Waals surface area contributed by atoms with E-state index in [2.05, 4.69) is 39.3 Å². The Morgan fingerprint density at radius 2 is 2.03 bits per heavy atom. The summed E-state index contributed by atoms with van der Waals surface area (Å²) in [5, 5.41) is 17.5. The molecule has 0 radical (unpaired) electrons. The molecule has 1 aliphatic heterocycles. The number of aryl methyl sites for hydroxylation is 1. The van der Waals surface area contributed by atoms with E-state index in [1.807, 2.05) is 13.0 Å². The van der Waals surface area contributed by atoms with Crippen molar-refractivity contribution in [2.45, 2.75) is 64.6 Å². The van der Waals surface area contributed by atoms with E-state index in [0.29, 0.717) is 47.3 Å². The summed E-state index contributed by atoms with van der Waals surface area (Å²) in [6.07, 6.45) is 3.33. The number of nitrogens with zero attached hydrogens (tertiary/aromatic N) is 3. The number of piperidine rings is 1. The molecule has 3 aromatic rings. The van der Waals surface area contributed by atoms with Crippen LogP contribution in [0.3, 0.4) is 0 Å². The number of nitrogens with one attached hydrogen (secondary N) is 3. The number of amides is 1. The van der Waals surface area contributed by atoms with Crippen molar-refractivity contribution >= 4 is 50.2 Å². The van der Waals surface area contributed by atoms with E-state index in [1.54, 1.807) is 12.1 Å². The van der Waals surface area contributed by atoms with Crippen molar-refractivity contribution < 1.29 is 14.7 Å². The highest BCUT2D eigenvalue weighted by Gasteiger charge is 2.33. The van der Waals surface area contributed by atoms with Crippen LogP contribution in [-0.4, -0.2) is 63.1 Å². The number of H-pyrrole nitrogens is 1. The smallest absolute Gasteiger partial charge is 0.337 e. The molecule has 3 heterocycles. The maximum atomic E-state index is 13.0. The number of aromatic nitrogens is 3. The first-order chi connectivity index (χ1) is 16.8. The fourth-order valence-electron chi connectivity index (χ4n) is 4.50. The Kier molecular flexibility index (Phi) is 7.93. The molecular formula is C24H31ClN6O3S. The number of fused-ring (bicyclic) bond motifs is 1. The minimum absolute atomic E-state index is 0.0142. The summed E-state index contributed by atoms with van der Waals surface area (Å²) in [6, 6.07) is 5.37. The van der Waals surface area contributed by atoms with Gasteiger partial charge in [0.25, 0.3) is 5.91 Å². The molecule has 188 valence electrons. The molecule has 4 N–H and O–H groups in total. The predicted molar refractivity (Wildman–Crippen MR) is 139 cm³/mol. The van der Waals surface area contributed by atoms with E-state index in [1.165, 1.54) is 11.3 Å². The lowest BCUT2D eigenvalue weighted by atomic mass is 9.97. The first-order valence-corrected chi connectivity index (χ1v) is 13.2. The van der Waals surface area contributed by atoms with Gasteiger partial charge in [-0.05, 0) is 37.8 Å². The summed E-state index contributed by atoms with van der Waals surface area (Å²) in [4.78, 5) is 38.7. The summed E-state index contributed by atoms with van der Waals surface area (Å²) in [6.45, 7) is 7.57. The number of thiazole rings is 1. The van der Waals surface area contributed by atoms with Gasteiger partial charge < -0.3 is 25.6 Å². The van der Waals surface area contributed by atoms with Gasteiger partial charge in [-0.1, -0.05) is 49.8 Å². The van der Waals surface area contributed by atoms with Crippen molar-refractivity contribution in [3.8, 4) is 0 Å². The summed E-state index contributed by atoms with van der Waals surface area (Å²) in [5.41, 5.74) is 1.70. The Morgan fingerprint density at radius 1 is 1.26 bits per heavy atom. The van der Waals surface area contributed by atoms with Crippen molar-refractivity contribution in [1.29, 1.82) is 0 Å². The maximum absolute atomic E-state index is 13.0. The first kappa shape index (κ1) is 25.4. The van der Waals surface area contributed by atoms with Crippen molar-refractivity contribution in [2.24, 2.45) is 0 Å². The van der Waals surface area contributed by atoms with Crippen LogP contribution in [0, 0.1) is 0 Å². The van der Waals surface area contributed by atoms with Crippen molar-refractivity contribution in [3.05, 3.63) is 40.4 Å². The van der Waals surface area contributed by atoms with E-state index in [-0.39, 0.29) is 29.4 Å². The zero-order chi connectivity index (χ0) is 25.1. The summed E-state index contributed by atoms with van der Waals surface area (Å²) in [7, 11) is 0. The molecular weight excluding hydrogens is 488 g/mol. The third-order valence-electron chi connectivity index (χ3n) is 6.57. The monoisotopic (exact) mass is 518 g/mol. The minimum Gasteiger partial charge on any atom is -0.478 e. The second-order valence-electron chi connectivity index (χ2n) is 8.76. The first-order valence-electron chi connectivity index (χ1n) is 12.0. The van der Waals surface area contributed by atoms with Gasteiger partial charge in [-0.2, -0.15) is 0 Å². The average Bonchev–Trinajstić information content (AvgIpc) is 3.46. The molecule has 1 saturated heterocycles. The molecule has 0 unspecified atom stereocenters. The van der Waals surface area contributed by atoms with Gasteiger partial charge in [0.1, 0.15) is 0 Å². The van der Waals surface area contributed by atoms with Crippen LogP contribution < -0.4 is 15.5 Å². The molecule has 0 spiro atoms. The Labute approximate surface area is 213 Å². The molecule has 0 aliphatic carbocycles. The Balaban J connectivity index is 1.55. The van der Waals surface area contributed by atoms with Gasteiger partial charge in [-0.3, -0.25) is 4.79 Å². The Bertz CT molecular complexity index is 1210. The minimum atomic E-state index is -0.954. The highest BCUT2D eigenvalue weighted by molar-refractivity contribution is 7.22. The molecule has 1 aliphatic rings. The van der Waals surface area contributed by atoms with Crippen molar-refractivity contribution in [1.82, 2.24) is 25.6 Å². The second kappa shape index (κ2) is 10.9. The number of imidazole rings is 1. The van der Waals surface area contributed by atoms with Gasteiger partial charge in [0, 0.05) is 31.2 Å². The maximum Gasteiger partial charge on any atom is 0.337 e. The third kappa shape index (κ3) is 5.44. The summed E-state index contributed by atoms with van der Waals surface area (Å²) < 4.78 is 0.677. The fraction of sp³-hybridized carbons (Fsp3) is 0.500. The summed E-state index contributed by atoms with van der Waals surface area (Å²) >= 11 is 7.53. The van der Waals surface area contributed by atoms with Gasteiger partial charge >= 0.3 is 5.97 Å². The highest BCUT2D eigenvalue weighted by Crippen LogP contribution is 2.33. The lowest BCUT2D eigenvalue weighted by molar-refractivity contribution is 0.0699. The van der Waals surface area contributed by atoms with Crippen LogP contribution in [0.15, 0.2) is 18.2 Å². The lowest BCUT2D eigenvalue weighted by Crippen LogP contribution is -2.61. The summed E-state index contributed by atoms with van der Waals surface area (Å²) in [5.74, 6) is -1.000. The molecule has 2 aromatic heterocycles. The number of aromatic amines is 1. The zero-order valence-corrected chi connectivity index (χ0v) is 21.7. The SMILES string of the molecule is CCc1[nH]c(C(=O)N[C@@H]2CCN(c3nc4cccc(C(=O)O)c4s3)C[C@@H]2NC(CC)CC)nc1Cl. The molecule has 2 atom stereocenters. The van der Waals surface area contributed by atoms with Crippen LogP contribution in [-0.2, 0) is 6.42 Å². The van der Waals surface area contributed by atoms with Gasteiger partial charge in [-0.15, -0.1) is 0 Å². The standard InChI is InChI=1S/C24H31ClN6O3S/c1-4-13(5-2)26-18-12-31(24-29-17-9-7-8-14(23(33)34)19(17)35-24)11-10-16(18)28-22(32)21-27-15(6-3)20(25)30-21/h7-9,13,16,18,26H,4-6,10-12H2,1-3H3,(H,27,30)(H,28,32)(H,33,34)/t16-,18+/m1/s1. The number of aromatic carboxylic acids is 1. The molecule has 4 rings (SSSR count). The van der Waals surface area contributed by atoms with Crippen molar-refractivity contribution in [3.63, 3.8) is 0 Å². The van der Waals surface area contributed by atoms with Gasteiger partial charge in [-0.25, -0.2) is 14.8 Å². The van der Waals surface area contributed by atoms with E-state index >= 15 is 0 Å². The number of hydrogen-bond donors (Lipinski definition) is 4. The molecule has 0 bridgehead atoms. The molecule has 1 fully saturated rings. The zero-order valence-electron chi connectivity index (χ0n) is 20.1. The fourth-order valence-corrected chi connectivity index (χ4v) is 5.87. The van der Waals surface area contributed by atoms with E-state index < -0.39 is 5.97 Å². The number of carbonyl (C=O) groups is 2. The molecule has 1 aromatic carbocycles. The molecule has 0 saturated carbocycles. The van der Waals surface area contributed by atoms with Crippen LogP contribution in [0.25, 0.3) is 10.2 Å². The Morgan fingerprint density at radius 3 is 2.69 bits per heavy atom. The van der Waals surface area contributed by atoms with Gasteiger partial charge in [0.2, 0.25) is 0 Å². The van der Waals surface area contributed by atoms with Crippen LogP contribution in [0.4, 0.5) is 5.13 Å². The number of carbonyl (C=O) groups excluding carboxylic acids is 1. The number of carboxylic acid groups (broad SMARTS) is 1. The topological polar surface area (TPSA) is 123 Å². The number of benzene rings is 1. The van der Waals surface area contributed by atoms with Crippen LogP contribution in [0.2, 0.25) is 5.15 Å². The number of carboxylic acids is 1. The Hall–Kier alpha value is -2.69. The molecule has 9 nitrogen and oxygen atoms in total. The van der Waals surface area contributed by atoms with Gasteiger partial charge in [0.05, 0.1) is 21.5 Å². The molecule has 11 heteroatoms. The number of anilines is 1. The van der Waals surface area contributed by atoms with Crippen LogP contribution >= 0.6 is 22.9 Å². The van der Waals surface area contributed by atoms with Crippen LogP contribution in [0.5, 0.6) is 0 Å². The highest BCUT2D eigenvalue weighted by atomic mass is 35.5. The third-order valence-corrected chi connectivity index (χ3v) is 8.04. The second-order valence-corrected chi connectivity index (χ2v) is 10.1. The van der Waals surface area contributed by atoms with E-state index in [4.69, 9.17) is 16.6 Å².